The molecule has 0 bridgehead atoms. The van der Waals surface area contributed by atoms with Crippen molar-refractivity contribution in [2.45, 2.75) is 6.42 Å². The second-order valence-corrected chi connectivity index (χ2v) is 4.44. The van der Waals surface area contributed by atoms with Gasteiger partial charge in [0.15, 0.2) is 0 Å². The molecular weight excluding hydrogens is 254 g/mol. The number of hydrogen-bond donors (Lipinski definition) is 1. The first-order valence-electron chi connectivity index (χ1n) is 6.22. The zero-order valence-electron chi connectivity index (χ0n) is 11.0. The molecule has 0 radical (unpaired) electrons. The van der Waals surface area contributed by atoms with Crippen LogP contribution in [0.15, 0.2) is 47.5 Å². The number of methoxy groups -OCH3 is 1. The highest BCUT2D eigenvalue weighted by Crippen LogP contribution is 2.21. The number of H-pyrrole nitrogens is 1. The summed E-state index contributed by atoms with van der Waals surface area (Å²) in [6.07, 6.45) is 4.13. The Morgan fingerprint density at radius 2 is 1.95 bits per heavy atom. The molecule has 0 amide bonds. The van der Waals surface area contributed by atoms with Crippen LogP contribution in [0.4, 0.5) is 0 Å². The molecule has 0 unspecified atom stereocenters. The maximum absolute atomic E-state index is 11.9. The first-order valence-corrected chi connectivity index (χ1v) is 6.22. The van der Waals surface area contributed by atoms with Gasteiger partial charge in [0.25, 0.3) is 5.56 Å². The molecule has 3 aromatic rings. The van der Waals surface area contributed by atoms with Crippen LogP contribution in [0, 0.1) is 0 Å². The summed E-state index contributed by atoms with van der Waals surface area (Å²) in [6, 6.07) is 9.29. The Bertz CT molecular complexity index is 797. The van der Waals surface area contributed by atoms with Gasteiger partial charge in [0.05, 0.1) is 18.2 Å². The molecule has 2 aromatic heterocycles. The minimum Gasteiger partial charge on any atom is -0.497 e. The van der Waals surface area contributed by atoms with Gasteiger partial charge in [-0.3, -0.25) is 9.78 Å². The van der Waals surface area contributed by atoms with Gasteiger partial charge in [-0.15, -0.1) is 0 Å². The van der Waals surface area contributed by atoms with Gasteiger partial charge >= 0.3 is 0 Å². The van der Waals surface area contributed by atoms with E-state index in [4.69, 9.17) is 4.74 Å². The molecule has 0 fully saturated rings. The van der Waals surface area contributed by atoms with Crippen LogP contribution in [0.3, 0.4) is 0 Å². The molecular formula is C15H13N3O2. The van der Waals surface area contributed by atoms with Crippen LogP contribution in [0.25, 0.3) is 10.8 Å². The molecule has 5 nitrogen and oxygen atoms in total. The average Bonchev–Trinajstić information content (AvgIpc) is 2.51. The van der Waals surface area contributed by atoms with Gasteiger partial charge in [-0.05, 0) is 35.9 Å². The van der Waals surface area contributed by atoms with Crippen molar-refractivity contribution in [3.05, 3.63) is 64.3 Å². The van der Waals surface area contributed by atoms with E-state index >= 15 is 0 Å². The number of pyridine rings is 1. The van der Waals surface area contributed by atoms with Crippen molar-refractivity contribution >= 4 is 10.8 Å². The van der Waals surface area contributed by atoms with Crippen LogP contribution in [0.5, 0.6) is 5.75 Å². The average molecular weight is 267 g/mol. The minimum atomic E-state index is -0.211. The van der Waals surface area contributed by atoms with Crippen molar-refractivity contribution < 1.29 is 4.74 Å². The summed E-state index contributed by atoms with van der Waals surface area (Å²) < 4.78 is 5.15. The molecule has 100 valence electrons. The Morgan fingerprint density at radius 1 is 1.15 bits per heavy atom. The van der Waals surface area contributed by atoms with Gasteiger partial charge < -0.3 is 4.74 Å². The van der Waals surface area contributed by atoms with Crippen LogP contribution < -0.4 is 10.3 Å². The maximum Gasteiger partial charge on any atom is 0.272 e. The van der Waals surface area contributed by atoms with Crippen molar-refractivity contribution in [3.63, 3.8) is 0 Å². The SMILES string of the molecule is COc1ccc2c(Cc3ccncc3)n[nH]c(=O)c2c1. The Labute approximate surface area is 115 Å². The quantitative estimate of drug-likeness (QED) is 0.787. The molecule has 5 heteroatoms. The zero-order valence-corrected chi connectivity index (χ0v) is 11.0. The van der Waals surface area contributed by atoms with Gasteiger partial charge in [-0.1, -0.05) is 0 Å². The summed E-state index contributed by atoms with van der Waals surface area (Å²) >= 11 is 0. The third kappa shape index (κ3) is 2.25. The molecule has 0 aliphatic carbocycles. The van der Waals surface area contributed by atoms with E-state index < -0.39 is 0 Å². The molecule has 0 aliphatic rings. The molecule has 0 atom stereocenters. The summed E-state index contributed by atoms with van der Waals surface area (Å²) in [5, 5.41) is 8.12. The Hall–Kier alpha value is -2.69. The van der Waals surface area contributed by atoms with Crippen molar-refractivity contribution in [2.24, 2.45) is 0 Å². The van der Waals surface area contributed by atoms with E-state index in [1.807, 2.05) is 24.3 Å². The summed E-state index contributed by atoms with van der Waals surface area (Å²) in [6.45, 7) is 0. The lowest BCUT2D eigenvalue weighted by Gasteiger charge is -2.06. The summed E-state index contributed by atoms with van der Waals surface area (Å²) in [5.74, 6) is 0.657. The van der Waals surface area contributed by atoms with E-state index in [0.29, 0.717) is 17.6 Å². The lowest BCUT2D eigenvalue weighted by molar-refractivity contribution is 0.415. The molecule has 0 saturated carbocycles. The van der Waals surface area contributed by atoms with Gasteiger partial charge in [0, 0.05) is 24.2 Å². The van der Waals surface area contributed by atoms with E-state index in [0.717, 1.165) is 16.6 Å². The summed E-state index contributed by atoms with van der Waals surface area (Å²) in [5.41, 5.74) is 1.71. The molecule has 1 N–H and O–H groups in total. The molecule has 0 aliphatic heterocycles. The molecule has 1 aromatic carbocycles. The van der Waals surface area contributed by atoms with Crippen LogP contribution >= 0.6 is 0 Å². The van der Waals surface area contributed by atoms with Gasteiger partial charge in [0.1, 0.15) is 5.75 Å². The number of aromatic amines is 1. The van der Waals surface area contributed by atoms with E-state index in [-0.39, 0.29) is 5.56 Å². The zero-order chi connectivity index (χ0) is 13.9. The number of nitrogens with one attached hydrogen (secondary N) is 1. The lowest BCUT2D eigenvalue weighted by atomic mass is 10.1. The first kappa shape index (κ1) is 12.3. The fourth-order valence-corrected chi connectivity index (χ4v) is 2.16. The highest BCUT2D eigenvalue weighted by Gasteiger charge is 2.08. The van der Waals surface area contributed by atoms with E-state index in [1.165, 1.54) is 0 Å². The second-order valence-electron chi connectivity index (χ2n) is 4.44. The van der Waals surface area contributed by atoms with Crippen molar-refractivity contribution in [3.8, 4) is 5.75 Å². The number of aromatic nitrogens is 3. The monoisotopic (exact) mass is 267 g/mol. The van der Waals surface area contributed by atoms with Crippen LogP contribution in [-0.2, 0) is 6.42 Å². The number of rotatable bonds is 3. The third-order valence-corrected chi connectivity index (χ3v) is 3.20. The lowest BCUT2D eigenvalue weighted by Crippen LogP contribution is -2.11. The Balaban J connectivity index is 2.12. The van der Waals surface area contributed by atoms with Crippen LogP contribution in [0.1, 0.15) is 11.3 Å². The van der Waals surface area contributed by atoms with Crippen molar-refractivity contribution in [1.29, 1.82) is 0 Å². The van der Waals surface area contributed by atoms with Crippen molar-refractivity contribution in [1.82, 2.24) is 15.2 Å². The standard InChI is InChI=1S/C15H13N3O2/c1-20-11-2-3-12-13(9-11)15(19)18-17-14(12)8-10-4-6-16-7-5-10/h2-7,9H,8H2,1H3,(H,18,19). The van der Waals surface area contributed by atoms with E-state index in [2.05, 4.69) is 15.2 Å². The predicted octanol–water partition coefficient (Wildman–Crippen LogP) is 1.92. The topological polar surface area (TPSA) is 67.9 Å². The number of benzene rings is 1. The second kappa shape index (κ2) is 5.13. The first-order chi connectivity index (χ1) is 9.78. The highest BCUT2D eigenvalue weighted by molar-refractivity contribution is 5.85. The van der Waals surface area contributed by atoms with Crippen LogP contribution in [0.2, 0.25) is 0 Å². The fraction of sp³-hybridized carbons (Fsp3) is 0.133. The molecule has 20 heavy (non-hydrogen) atoms. The van der Waals surface area contributed by atoms with Crippen molar-refractivity contribution in [2.75, 3.05) is 7.11 Å². The van der Waals surface area contributed by atoms with E-state index in [9.17, 15) is 4.79 Å². The smallest absolute Gasteiger partial charge is 0.272 e. The Morgan fingerprint density at radius 3 is 2.70 bits per heavy atom. The number of fused-ring (bicyclic) bond motifs is 1. The summed E-state index contributed by atoms with van der Waals surface area (Å²) in [7, 11) is 1.58. The highest BCUT2D eigenvalue weighted by atomic mass is 16.5. The summed E-state index contributed by atoms with van der Waals surface area (Å²) in [4.78, 5) is 15.9. The van der Waals surface area contributed by atoms with E-state index in [1.54, 1.807) is 25.6 Å². The normalized spacial score (nSPS) is 10.7. The maximum atomic E-state index is 11.9. The van der Waals surface area contributed by atoms with Gasteiger partial charge in [-0.25, -0.2) is 5.10 Å². The predicted molar refractivity (Wildman–Crippen MR) is 76.0 cm³/mol. The van der Waals surface area contributed by atoms with Gasteiger partial charge in [0.2, 0.25) is 0 Å². The molecule has 0 spiro atoms. The molecule has 0 saturated heterocycles. The number of nitrogens with zero attached hydrogens (tertiary/aromatic N) is 2. The Kier molecular flexibility index (Phi) is 3.16. The number of ether oxygens (including phenoxy) is 1. The third-order valence-electron chi connectivity index (χ3n) is 3.20. The van der Waals surface area contributed by atoms with Crippen LogP contribution in [-0.4, -0.2) is 22.3 Å². The minimum absolute atomic E-state index is 0.211. The largest absolute Gasteiger partial charge is 0.497 e. The van der Waals surface area contributed by atoms with Gasteiger partial charge in [-0.2, -0.15) is 5.10 Å². The molecule has 3 rings (SSSR count). The molecule has 2 heterocycles. The number of hydrogen-bond acceptors (Lipinski definition) is 4. The fourth-order valence-electron chi connectivity index (χ4n) is 2.16.